The highest BCUT2D eigenvalue weighted by atomic mass is 35.5. The highest BCUT2D eigenvalue weighted by molar-refractivity contribution is 6.29. The van der Waals surface area contributed by atoms with Gasteiger partial charge in [0, 0.05) is 12.1 Å². The number of hydrogen-bond donors (Lipinski definition) is 1. The van der Waals surface area contributed by atoms with Gasteiger partial charge in [0.25, 0.3) is 0 Å². The lowest BCUT2D eigenvalue weighted by atomic mass is 9.85. The van der Waals surface area contributed by atoms with Gasteiger partial charge in [-0.2, -0.15) is 0 Å². The van der Waals surface area contributed by atoms with E-state index in [1.807, 2.05) is 12.3 Å². The van der Waals surface area contributed by atoms with Crippen molar-refractivity contribution in [2.45, 2.75) is 25.2 Å². The Labute approximate surface area is 87.4 Å². The molecule has 1 aromatic heterocycles. The van der Waals surface area contributed by atoms with Gasteiger partial charge in [0.2, 0.25) is 0 Å². The van der Waals surface area contributed by atoms with Crippen LogP contribution in [-0.2, 0) is 6.42 Å². The van der Waals surface area contributed by atoms with E-state index in [4.69, 9.17) is 16.8 Å². The zero-order valence-corrected chi connectivity index (χ0v) is 8.41. The number of pyridine rings is 1. The van der Waals surface area contributed by atoms with Crippen molar-refractivity contribution in [3.05, 3.63) is 28.5 Å². The Kier molecular flexibility index (Phi) is 2.68. The number of hydrogen-bond acceptors (Lipinski definition) is 3. The van der Waals surface area contributed by atoms with E-state index in [1.54, 1.807) is 6.21 Å². The summed E-state index contributed by atoms with van der Waals surface area (Å²) in [7, 11) is 0. The molecule has 1 aromatic rings. The summed E-state index contributed by atoms with van der Waals surface area (Å²) in [5, 5.41) is 12.1. The Morgan fingerprint density at radius 2 is 2.50 bits per heavy atom. The number of halogens is 1. The first-order valence-corrected chi connectivity index (χ1v) is 5.01. The quantitative estimate of drug-likeness (QED) is 0.335. The molecule has 0 amide bonds. The minimum absolute atomic E-state index is 0.184. The van der Waals surface area contributed by atoms with E-state index in [2.05, 4.69) is 10.1 Å². The number of rotatable bonds is 1. The fourth-order valence-electron chi connectivity index (χ4n) is 1.93. The second-order valence-corrected chi connectivity index (χ2v) is 3.86. The lowest BCUT2D eigenvalue weighted by Gasteiger charge is -2.21. The van der Waals surface area contributed by atoms with Crippen molar-refractivity contribution >= 4 is 17.8 Å². The molecule has 1 unspecified atom stereocenters. The molecule has 1 N–H and O–H groups in total. The van der Waals surface area contributed by atoms with Crippen molar-refractivity contribution in [1.29, 1.82) is 0 Å². The molecule has 14 heavy (non-hydrogen) atoms. The summed E-state index contributed by atoms with van der Waals surface area (Å²) in [5.74, 6) is 0.184. The first-order chi connectivity index (χ1) is 6.81. The summed E-state index contributed by atoms with van der Waals surface area (Å²) < 4.78 is 0. The van der Waals surface area contributed by atoms with E-state index in [0.29, 0.717) is 5.15 Å². The standard InChI is InChI=1S/C10H11ClN2O/c11-10-4-9-7(5-12-10)2-1-3-8(9)6-13-14/h4-6,8,14H,1-3H2. The van der Waals surface area contributed by atoms with Crippen LogP contribution in [0, 0.1) is 0 Å². The molecular weight excluding hydrogens is 200 g/mol. The van der Waals surface area contributed by atoms with Crippen LogP contribution in [0.5, 0.6) is 0 Å². The average Bonchev–Trinajstić information content (AvgIpc) is 2.19. The Hall–Kier alpha value is -1.09. The van der Waals surface area contributed by atoms with Crippen molar-refractivity contribution < 1.29 is 5.21 Å². The smallest absolute Gasteiger partial charge is 0.129 e. The van der Waals surface area contributed by atoms with E-state index in [1.165, 1.54) is 5.56 Å². The van der Waals surface area contributed by atoms with Crippen molar-refractivity contribution in [2.75, 3.05) is 0 Å². The van der Waals surface area contributed by atoms with E-state index in [-0.39, 0.29) is 5.92 Å². The van der Waals surface area contributed by atoms with E-state index in [0.717, 1.165) is 24.8 Å². The Bertz CT molecular complexity index is 365. The van der Waals surface area contributed by atoms with Gasteiger partial charge in [0.15, 0.2) is 0 Å². The van der Waals surface area contributed by atoms with Crippen LogP contribution in [0.2, 0.25) is 5.15 Å². The van der Waals surface area contributed by atoms with E-state index < -0.39 is 0 Å². The SMILES string of the molecule is ON=CC1CCCc2cnc(Cl)cc21. The minimum Gasteiger partial charge on any atom is -0.411 e. The van der Waals surface area contributed by atoms with Crippen LogP contribution in [0.1, 0.15) is 29.9 Å². The molecule has 2 rings (SSSR count). The molecule has 1 aliphatic rings. The summed E-state index contributed by atoms with van der Waals surface area (Å²) in [4.78, 5) is 4.05. The fourth-order valence-corrected chi connectivity index (χ4v) is 2.10. The third kappa shape index (κ3) is 1.73. The molecule has 0 saturated carbocycles. The van der Waals surface area contributed by atoms with Crippen LogP contribution in [0.25, 0.3) is 0 Å². The second-order valence-electron chi connectivity index (χ2n) is 3.47. The zero-order valence-electron chi connectivity index (χ0n) is 7.65. The van der Waals surface area contributed by atoms with Crippen LogP contribution in [-0.4, -0.2) is 16.4 Å². The molecule has 1 atom stereocenters. The van der Waals surface area contributed by atoms with Gasteiger partial charge < -0.3 is 5.21 Å². The van der Waals surface area contributed by atoms with Gasteiger partial charge in [-0.3, -0.25) is 0 Å². The predicted octanol–water partition coefficient (Wildman–Crippen LogP) is 2.61. The highest BCUT2D eigenvalue weighted by Crippen LogP contribution is 2.31. The molecular formula is C10H11ClN2O. The van der Waals surface area contributed by atoms with Crippen LogP contribution in [0.4, 0.5) is 0 Å². The second kappa shape index (κ2) is 3.96. The molecule has 0 saturated heterocycles. The van der Waals surface area contributed by atoms with Gasteiger partial charge in [-0.25, -0.2) is 4.98 Å². The number of aryl methyl sites for hydroxylation is 1. The van der Waals surface area contributed by atoms with Crippen molar-refractivity contribution in [3.63, 3.8) is 0 Å². The van der Waals surface area contributed by atoms with Crippen LogP contribution in [0.3, 0.4) is 0 Å². The van der Waals surface area contributed by atoms with Crippen LogP contribution >= 0.6 is 11.6 Å². The van der Waals surface area contributed by atoms with Crippen LogP contribution in [0.15, 0.2) is 17.4 Å². The number of nitrogens with zero attached hydrogens (tertiary/aromatic N) is 2. The molecule has 3 nitrogen and oxygen atoms in total. The lowest BCUT2D eigenvalue weighted by Crippen LogP contribution is -2.11. The van der Waals surface area contributed by atoms with Crippen molar-refractivity contribution in [2.24, 2.45) is 5.16 Å². The van der Waals surface area contributed by atoms with Crippen molar-refractivity contribution in [3.8, 4) is 0 Å². The molecule has 0 bridgehead atoms. The maximum atomic E-state index is 8.53. The summed E-state index contributed by atoms with van der Waals surface area (Å²) >= 11 is 5.82. The van der Waals surface area contributed by atoms with E-state index >= 15 is 0 Å². The Morgan fingerprint density at radius 3 is 3.29 bits per heavy atom. The number of oxime groups is 1. The monoisotopic (exact) mass is 210 g/mol. The van der Waals surface area contributed by atoms with Crippen molar-refractivity contribution in [1.82, 2.24) is 4.98 Å². The van der Waals surface area contributed by atoms with Gasteiger partial charge in [-0.15, -0.1) is 5.16 Å². The van der Waals surface area contributed by atoms with Crippen LogP contribution < -0.4 is 0 Å². The maximum absolute atomic E-state index is 8.53. The third-order valence-electron chi connectivity index (χ3n) is 2.60. The molecule has 0 fully saturated rings. The first kappa shape index (κ1) is 9.46. The van der Waals surface area contributed by atoms with Gasteiger partial charge in [-0.05, 0) is 36.5 Å². The number of fused-ring (bicyclic) bond motifs is 1. The van der Waals surface area contributed by atoms with Gasteiger partial charge in [0.1, 0.15) is 5.15 Å². The molecule has 1 aliphatic carbocycles. The molecule has 0 spiro atoms. The Morgan fingerprint density at radius 1 is 1.64 bits per heavy atom. The molecule has 0 aliphatic heterocycles. The molecule has 4 heteroatoms. The normalized spacial score (nSPS) is 21.1. The maximum Gasteiger partial charge on any atom is 0.129 e. The summed E-state index contributed by atoms with van der Waals surface area (Å²) in [6, 6.07) is 1.86. The zero-order chi connectivity index (χ0) is 9.97. The Balaban J connectivity index is 2.41. The van der Waals surface area contributed by atoms with Gasteiger partial charge in [0.05, 0.1) is 6.21 Å². The average molecular weight is 211 g/mol. The van der Waals surface area contributed by atoms with Gasteiger partial charge >= 0.3 is 0 Å². The molecule has 1 heterocycles. The van der Waals surface area contributed by atoms with Gasteiger partial charge in [-0.1, -0.05) is 11.6 Å². The third-order valence-corrected chi connectivity index (χ3v) is 2.80. The summed E-state index contributed by atoms with van der Waals surface area (Å²) in [5.41, 5.74) is 2.36. The molecule has 0 aromatic carbocycles. The number of aromatic nitrogens is 1. The predicted molar refractivity (Wildman–Crippen MR) is 55.2 cm³/mol. The highest BCUT2D eigenvalue weighted by Gasteiger charge is 2.19. The fraction of sp³-hybridized carbons (Fsp3) is 0.400. The first-order valence-electron chi connectivity index (χ1n) is 4.63. The minimum atomic E-state index is 0.184. The summed E-state index contributed by atoms with van der Waals surface area (Å²) in [6.07, 6.45) is 6.53. The molecule has 74 valence electrons. The topological polar surface area (TPSA) is 45.5 Å². The largest absolute Gasteiger partial charge is 0.411 e. The molecule has 0 radical (unpaired) electrons. The summed E-state index contributed by atoms with van der Waals surface area (Å²) in [6.45, 7) is 0. The van der Waals surface area contributed by atoms with E-state index in [9.17, 15) is 0 Å². The lowest BCUT2D eigenvalue weighted by molar-refractivity contribution is 0.319.